The van der Waals surface area contributed by atoms with E-state index < -0.39 is 22.0 Å². The molecule has 6 nitrogen and oxygen atoms in total. The van der Waals surface area contributed by atoms with Gasteiger partial charge in [0.05, 0.1) is 26.6 Å². The van der Waals surface area contributed by atoms with Crippen LogP contribution in [0.2, 0.25) is 0 Å². The van der Waals surface area contributed by atoms with Crippen molar-refractivity contribution in [3.63, 3.8) is 0 Å². The number of thiazole rings is 1. The Kier molecular flexibility index (Phi) is 7.97. The van der Waals surface area contributed by atoms with Gasteiger partial charge in [0.25, 0.3) is 5.01 Å². The third-order valence-electron chi connectivity index (χ3n) is 6.36. The normalized spacial score (nSPS) is 16.2. The van der Waals surface area contributed by atoms with Crippen LogP contribution >= 0.6 is 23.1 Å². The summed E-state index contributed by atoms with van der Waals surface area (Å²) < 4.78 is 36.7. The maximum Gasteiger partial charge on any atom is 0.263 e. The molecule has 36 heavy (non-hydrogen) atoms. The zero-order valence-corrected chi connectivity index (χ0v) is 23.7. The molecule has 1 unspecified atom stereocenters. The molecule has 0 amide bonds. The number of benzene rings is 2. The van der Waals surface area contributed by atoms with Crippen LogP contribution in [0.3, 0.4) is 0 Å². The Labute approximate surface area is 221 Å². The van der Waals surface area contributed by atoms with Crippen molar-refractivity contribution in [1.82, 2.24) is 0 Å². The third kappa shape index (κ3) is 5.86. The number of anilines is 1. The number of aliphatic hydroxyl groups excluding tert-OH is 1. The Hall–Kier alpha value is -2.17. The van der Waals surface area contributed by atoms with Gasteiger partial charge in [-0.05, 0) is 80.7 Å². The van der Waals surface area contributed by atoms with Crippen molar-refractivity contribution in [2.45, 2.75) is 58.6 Å². The van der Waals surface area contributed by atoms with Crippen LogP contribution in [0.1, 0.15) is 42.0 Å². The third-order valence-corrected chi connectivity index (χ3v) is 9.36. The molecule has 0 aliphatic carbocycles. The summed E-state index contributed by atoms with van der Waals surface area (Å²) in [5, 5.41) is 12.5. The van der Waals surface area contributed by atoms with E-state index in [1.807, 2.05) is 29.7 Å². The highest BCUT2D eigenvalue weighted by molar-refractivity contribution is 8.03. The summed E-state index contributed by atoms with van der Waals surface area (Å²) in [5.74, 6) is -0.809. The molecule has 192 valence electrons. The second-order valence-electron chi connectivity index (χ2n) is 9.21. The van der Waals surface area contributed by atoms with Crippen molar-refractivity contribution < 1.29 is 22.6 Å². The zero-order valence-electron chi connectivity index (χ0n) is 21.2. The topological polar surface area (TPSA) is 84.5 Å². The van der Waals surface area contributed by atoms with Gasteiger partial charge in [-0.25, -0.2) is 8.42 Å². The van der Waals surface area contributed by atoms with Crippen LogP contribution in [0, 0.1) is 20.8 Å². The SMILES string of the molecule is CCC(=C\c1sc2ccc(C)cc2[n+]1CC(O)CS(=O)(=O)[O-])/C=C1/Sc2cc(C)c(C)cc2N1CC. The highest BCUT2D eigenvalue weighted by atomic mass is 32.2. The van der Waals surface area contributed by atoms with Crippen LogP contribution in [-0.2, 0) is 16.7 Å². The average Bonchev–Trinajstić information content (AvgIpc) is 3.28. The fraction of sp³-hybridized carbons (Fsp3) is 0.370. The molecule has 3 aromatic rings. The Bertz CT molecular complexity index is 1470. The van der Waals surface area contributed by atoms with Crippen molar-refractivity contribution in [2.24, 2.45) is 0 Å². The molecule has 1 aliphatic heterocycles. The lowest BCUT2D eigenvalue weighted by atomic mass is 10.1. The summed E-state index contributed by atoms with van der Waals surface area (Å²) in [5.41, 5.74) is 6.91. The molecule has 2 heterocycles. The van der Waals surface area contributed by atoms with Gasteiger partial charge in [0.1, 0.15) is 10.8 Å². The number of aromatic nitrogens is 1. The number of hydrogen-bond donors (Lipinski definition) is 1. The van der Waals surface area contributed by atoms with Gasteiger partial charge in [0.15, 0.2) is 6.54 Å². The first-order valence-corrected chi connectivity index (χ1v) is 15.2. The summed E-state index contributed by atoms with van der Waals surface area (Å²) >= 11 is 3.37. The number of thioether (sulfide) groups is 1. The van der Waals surface area contributed by atoms with E-state index >= 15 is 0 Å². The van der Waals surface area contributed by atoms with Gasteiger partial charge in [0.2, 0.25) is 5.52 Å². The fourth-order valence-electron chi connectivity index (χ4n) is 4.36. The number of rotatable bonds is 8. The minimum atomic E-state index is -4.53. The van der Waals surface area contributed by atoms with Crippen LogP contribution < -0.4 is 9.47 Å². The molecule has 1 aromatic heterocycles. The van der Waals surface area contributed by atoms with Crippen molar-refractivity contribution in [2.75, 3.05) is 17.2 Å². The lowest BCUT2D eigenvalue weighted by Crippen LogP contribution is -2.43. The summed E-state index contributed by atoms with van der Waals surface area (Å²) in [7, 11) is -4.53. The first-order chi connectivity index (χ1) is 17.0. The fourth-order valence-corrected chi connectivity index (χ4v) is 7.34. The first kappa shape index (κ1) is 26.9. The van der Waals surface area contributed by atoms with Crippen LogP contribution in [0.25, 0.3) is 16.3 Å². The van der Waals surface area contributed by atoms with Crippen LogP contribution in [-0.4, -0.2) is 36.5 Å². The predicted octanol–water partition coefficient (Wildman–Crippen LogP) is 5.29. The Morgan fingerprint density at radius 2 is 1.89 bits per heavy atom. The molecule has 0 saturated carbocycles. The van der Waals surface area contributed by atoms with Gasteiger partial charge in [-0.2, -0.15) is 4.57 Å². The Balaban J connectivity index is 1.75. The maximum absolute atomic E-state index is 11.2. The van der Waals surface area contributed by atoms with E-state index in [2.05, 4.69) is 56.9 Å². The molecular formula is C27H32N2O4S3. The molecule has 0 saturated heterocycles. The van der Waals surface area contributed by atoms with Gasteiger partial charge in [-0.15, -0.1) is 0 Å². The highest BCUT2D eigenvalue weighted by Gasteiger charge is 2.26. The minimum Gasteiger partial charge on any atom is -0.748 e. The van der Waals surface area contributed by atoms with Crippen molar-refractivity contribution in [3.8, 4) is 0 Å². The summed E-state index contributed by atoms with van der Waals surface area (Å²) in [6.07, 6.45) is 3.85. The largest absolute Gasteiger partial charge is 0.748 e. The summed E-state index contributed by atoms with van der Waals surface area (Å²) in [4.78, 5) is 3.59. The van der Waals surface area contributed by atoms with Crippen molar-refractivity contribution in [3.05, 3.63) is 68.7 Å². The monoisotopic (exact) mass is 544 g/mol. The van der Waals surface area contributed by atoms with E-state index in [0.717, 1.165) is 39.3 Å². The zero-order chi connectivity index (χ0) is 26.2. The van der Waals surface area contributed by atoms with E-state index in [9.17, 15) is 18.1 Å². The van der Waals surface area contributed by atoms with Crippen molar-refractivity contribution in [1.29, 1.82) is 0 Å². The molecule has 1 aliphatic rings. The van der Waals surface area contributed by atoms with Crippen molar-refractivity contribution >= 4 is 55.2 Å². The molecular weight excluding hydrogens is 513 g/mol. The lowest BCUT2D eigenvalue weighted by molar-refractivity contribution is -0.675. The van der Waals surface area contributed by atoms with E-state index in [4.69, 9.17) is 0 Å². The number of fused-ring (bicyclic) bond motifs is 2. The van der Waals surface area contributed by atoms with E-state index in [0.29, 0.717) is 0 Å². The highest BCUT2D eigenvalue weighted by Crippen LogP contribution is 2.47. The number of aliphatic hydroxyl groups is 1. The van der Waals surface area contributed by atoms with Gasteiger partial charge in [0, 0.05) is 23.6 Å². The molecule has 0 fully saturated rings. The van der Waals surface area contributed by atoms with Crippen LogP contribution in [0.4, 0.5) is 5.69 Å². The summed E-state index contributed by atoms with van der Waals surface area (Å²) in [6.45, 7) is 11.4. The van der Waals surface area contributed by atoms with E-state index in [-0.39, 0.29) is 6.54 Å². The van der Waals surface area contributed by atoms with Crippen LogP contribution in [0.15, 0.2) is 51.9 Å². The summed E-state index contributed by atoms with van der Waals surface area (Å²) in [6, 6.07) is 10.6. The second kappa shape index (κ2) is 10.7. The predicted molar refractivity (Wildman–Crippen MR) is 148 cm³/mol. The van der Waals surface area contributed by atoms with E-state index in [1.54, 1.807) is 23.1 Å². The molecule has 1 N–H and O–H groups in total. The average molecular weight is 545 g/mol. The standard InChI is InChI=1S/C27H32N2O4S3/c1-6-20(13-26-28(7-2)23-11-18(4)19(5)12-25(23)35-26)14-27-29(15-21(30)16-36(31,32)33)22-10-17(3)8-9-24(22)34-27/h8-14,21,30H,6-7,15-16H2,1-5H3. The maximum atomic E-state index is 11.2. The molecule has 0 bridgehead atoms. The lowest BCUT2D eigenvalue weighted by Gasteiger charge is -2.19. The number of nitrogens with zero attached hydrogens (tertiary/aromatic N) is 2. The molecule has 1 atom stereocenters. The number of aryl methyl sites for hydroxylation is 3. The number of hydrogen-bond acceptors (Lipinski definition) is 7. The smallest absolute Gasteiger partial charge is 0.263 e. The van der Waals surface area contributed by atoms with E-state index in [1.165, 1.54) is 26.7 Å². The number of allylic oxidation sites excluding steroid dienone is 2. The first-order valence-electron chi connectivity index (χ1n) is 12.0. The Morgan fingerprint density at radius 3 is 2.56 bits per heavy atom. The molecule has 0 spiro atoms. The minimum absolute atomic E-state index is 0.0319. The van der Waals surface area contributed by atoms with Gasteiger partial charge in [-0.3, -0.25) is 0 Å². The van der Waals surface area contributed by atoms with Gasteiger partial charge >= 0.3 is 0 Å². The van der Waals surface area contributed by atoms with Gasteiger partial charge < -0.3 is 14.6 Å². The molecule has 9 heteroatoms. The van der Waals surface area contributed by atoms with Crippen LogP contribution in [0.5, 0.6) is 0 Å². The quantitative estimate of drug-likeness (QED) is 0.307. The van der Waals surface area contributed by atoms with Gasteiger partial charge in [-0.1, -0.05) is 36.1 Å². The molecule has 2 aromatic carbocycles. The second-order valence-corrected chi connectivity index (χ2v) is 12.8. The Morgan fingerprint density at radius 1 is 1.17 bits per heavy atom. The molecule has 4 rings (SSSR count). The molecule has 0 radical (unpaired) electrons.